The fraction of sp³-hybridized carbons (Fsp3) is 0.182. The Kier molecular flexibility index (Phi) is 3.16. The molecule has 1 aromatic heterocycles. The van der Waals surface area contributed by atoms with Gasteiger partial charge in [-0.05, 0) is 25.1 Å². The van der Waals surface area contributed by atoms with Gasteiger partial charge in [0.05, 0.1) is 5.69 Å². The van der Waals surface area contributed by atoms with E-state index in [0.29, 0.717) is 5.69 Å². The van der Waals surface area contributed by atoms with Crippen molar-refractivity contribution < 1.29 is 17.9 Å². The summed E-state index contributed by atoms with van der Waals surface area (Å²) in [6, 6.07) is 3.38. The highest BCUT2D eigenvalue weighted by atomic mass is 32.1. The number of ether oxygens (including phenoxy) is 1. The van der Waals surface area contributed by atoms with E-state index in [1.165, 1.54) is 12.1 Å². The monoisotopic (exact) mass is 274 g/mol. The Balaban J connectivity index is 2.38. The first-order chi connectivity index (χ1) is 8.36. The number of benzene rings is 1. The highest BCUT2D eigenvalue weighted by Crippen LogP contribution is 2.39. The summed E-state index contributed by atoms with van der Waals surface area (Å²) in [5.74, 6) is -0.300. The van der Waals surface area contributed by atoms with Gasteiger partial charge in [0, 0.05) is 11.1 Å². The first kappa shape index (κ1) is 12.7. The Morgan fingerprint density at radius 3 is 2.61 bits per heavy atom. The van der Waals surface area contributed by atoms with Crippen LogP contribution < -0.4 is 10.5 Å². The maximum absolute atomic E-state index is 12.8. The number of aromatic nitrogens is 1. The summed E-state index contributed by atoms with van der Waals surface area (Å²) in [4.78, 5) is 3.95. The smallest absolute Gasteiger partial charge is 0.420 e. The molecule has 0 aliphatic carbocycles. The molecule has 96 valence electrons. The number of nitrogen functional groups attached to an aromatic ring is 1. The number of hydrogen-bond acceptors (Lipinski definition) is 4. The largest absolute Gasteiger partial charge is 0.430 e. The molecule has 0 aliphatic rings. The highest BCUT2D eigenvalue weighted by Gasteiger charge is 2.35. The van der Waals surface area contributed by atoms with Gasteiger partial charge in [-0.1, -0.05) is 11.3 Å². The van der Waals surface area contributed by atoms with Crippen molar-refractivity contribution in [1.29, 1.82) is 0 Å². The van der Waals surface area contributed by atoms with Gasteiger partial charge in [0.1, 0.15) is 11.3 Å². The third kappa shape index (κ3) is 2.73. The number of halogens is 3. The fourth-order valence-electron chi connectivity index (χ4n) is 1.33. The van der Waals surface area contributed by atoms with E-state index in [1.807, 2.05) is 0 Å². The maximum atomic E-state index is 12.8. The molecule has 0 amide bonds. The number of anilines is 1. The van der Waals surface area contributed by atoms with E-state index in [-0.39, 0.29) is 16.6 Å². The number of aryl methyl sites for hydroxylation is 1. The van der Waals surface area contributed by atoms with Gasteiger partial charge in [-0.25, -0.2) is 4.98 Å². The highest BCUT2D eigenvalue weighted by molar-refractivity contribution is 7.11. The second-order valence-corrected chi connectivity index (χ2v) is 4.43. The predicted molar refractivity (Wildman–Crippen MR) is 62.8 cm³/mol. The van der Waals surface area contributed by atoms with E-state index >= 15 is 0 Å². The summed E-state index contributed by atoms with van der Waals surface area (Å²) in [6.07, 6.45) is -4.52. The quantitative estimate of drug-likeness (QED) is 0.846. The third-order valence-electron chi connectivity index (χ3n) is 2.10. The number of hydrogen-bond donors (Lipinski definition) is 1. The summed E-state index contributed by atoms with van der Waals surface area (Å²) in [5.41, 5.74) is 5.17. The van der Waals surface area contributed by atoms with Gasteiger partial charge in [-0.3, -0.25) is 0 Å². The van der Waals surface area contributed by atoms with Crippen LogP contribution in [-0.4, -0.2) is 4.98 Å². The van der Waals surface area contributed by atoms with E-state index in [4.69, 9.17) is 10.5 Å². The lowest BCUT2D eigenvalue weighted by Gasteiger charge is -2.12. The minimum atomic E-state index is -4.52. The molecule has 0 fully saturated rings. The molecule has 7 heteroatoms. The molecule has 0 spiro atoms. The Labute approximate surface area is 105 Å². The molecule has 0 saturated carbocycles. The molecule has 1 heterocycles. The molecule has 2 N–H and O–H groups in total. The van der Waals surface area contributed by atoms with Crippen LogP contribution in [0.3, 0.4) is 0 Å². The first-order valence-electron chi connectivity index (χ1n) is 4.93. The van der Waals surface area contributed by atoms with Crippen LogP contribution in [0, 0.1) is 6.92 Å². The molecular weight excluding hydrogens is 265 g/mol. The van der Waals surface area contributed by atoms with E-state index in [1.54, 1.807) is 12.3 Å². The Hall–Kier alpha value is -1.76. The van der Waals surface area contributed by atoms with E-state index < -0.39 is 11.7 Å². The van der Waals surface area contributed by atoms with Gasteiger partial charge in [-0.2, -0.15) is 13.2 Å². The number of rotatable bonds is 2. The van der Waals surface area contributed by atoms with Crippen molar-refractivity contribution in [2.24, 2.45) is 0 Å². The number of alkyl halides is 3. The SMILES string of the molecule is Cc1csc(Oc2ccc(N)cc2C(F)(F)F)n1. The Morgan fingerprint density at radius 2 is 2.06 bits per heavy atom. The molecule has 0 aliphatic heterocycles. The van der Waals surface area contributed by atoms with Crippen molar-refractivity contribution >= 4 is 17.0 Å². The Bertz CT molecular complexity index is 566. The third-order valence-corrected chi connectivity index (χ3v) is 2.94. The van der Waals surface area contributed by atoms with Crippen molar-refractivity contribution in [3.05, 3.63) is 34.8 Å². The second kappa shape index (κ2) is 4.49. The summed E-state index contributed by atoms with van der Waals surface area (Å²) >= 11 is 1.14. The molecule has 1 aromatic carbocycles. The van der Waals surface area contributed by atoms with Crippen molar-refractivity contribution in [2.45, 2.75) is 13.1 Å². The van der Waals surface area contributed by atoms with E-state index in [9.17, 15) is 13.2 Å². The van der Waals surface area contributed by atoms with Gasteiger partial charge >= 0.3 is 6.18 Å². The average Bonchev–Trinajstić information content (AvgIpc) is 2.65. The number of nitrogens with zero attached hydrogens (tertiary/aromatic N) is 1. The molecule has 18 heavy (non-hydrogen) atoms. The maximum Gasteiger partial charge on any atom is 0.420 e. The molecular formula is C11H9F3N2OS. The lowest BCUT2D eigenvalue weighted by atomic mass is 10.1. The van der Waals surface area contributed by atoms with Gasteiger partial charge in [0.2, 0.25) is 0 Å². The predicted octanol–water partition coefficient (Wildman–Crippen LogP) is 3.84. The minimum absolute atomic E-state index is 0.0324. The standard InChI is InChI=1S/C11H9F3N2OS/c1-6-5-18-10(16-6)17-9-3-2-7(15)4-8(9)11(12,13)14/h2-5H,15H2,1H3. The molecule has 3 nitrogen and oxygen atoms in total. The zero-order valence-corrected chi connectivity index (χ0v) is 10.1. The van der Waals surface area contributed by atoms with Gasteiger partial charge in [0.15, 0.2) is 0 Å². The zero-order valence-electron chi connectivity index (χ0n) is 9.28. The summed E-state index contributed by atoms with van der Waals surface area (Å²) in [6.45, 7) is 1.73. The van der Waals surface area contributed by atoms with Crippen molar-refractivity contribution in [2.75, 3.05) is 5.73 Å². The molecule has 0 saturated heterocycles. The summed E-state index contributed by atoms with van der Waals surface area (Å²) < 4.78 is 43.5. The van der Waals surface area contributed by atoms with Crippen LogP contribution in [0.2, 0.25) is 0 Å². The summed E-state index contributed by atoms with van der Waals surface area (Å²) in [7, 11) is 0. The van der Waals surface area contributed by atoms with Gasteiger partial charge < -0.3 is 10.5 Å². The zero-order chi connectivity index (χ0) is 13.3. The average molecular weight is 274 g/mol. The van der Waals surface area contributed by atoms with Gasteiger partial charge in [-0.15, -0.1) is 0 Å². The van der Waals surface area contributed by atoms with Crippen LogP contribution in [0.5, 0.6) is 10.9 Å². The van der Waals surface area contributed by atoms with Crippen molar-refractivity contribution in [3.63, 3.8) is 0 Å². The van der Waals surface area contributed by atoms with Gasteiger partial charge in [0.25, 0.3) is 5.19 Å². The lowest BCUT2D eigenvalue weighted by Crippen LogP contribution is -2.08. The van der Waals surface area contributed by atoms with Crippen molar-refractivity contribution in [1.82, 2.24) is 4.98 Å². The molecule has 0 bridgehead atoms. The molecule has 0 radical (unpaired) electrons. The lowest BCUT2D eigenvalue weighted by molar-refractivity contribution is -0.138. The van der Waals surface area contributed by atoms with Crippen LogP contribution in [0.25, 0.3) is 0 Å². The van der Waals surface area contributed by atoms with Crippen LogP contribution in [-0.2, 0) is 6.18 Å². The number of thiazole rings is 1. The first-order valence-corrected chi connectivity index (χ1v) is 5.81. The molecule has 2 rings (SSSR count). The van der Waals surface area contributed by atoms with E-state index in [2.05, 4.69) is 4.98 Å². The summed E-state index contributed by atoms with van der Waals surface area (Å²) in [5, 5.41) is 1.86. The molecule has 0 atom stereocenters. The van der Waals surface area contributed by atoms with Crippen LogP contribution >= 0.6 is 11.3 Å². The van der Waals surface area contributed by atoms with Crippen molar-refractivity contribution in [3.8, 4) is 10.9 Å². The normalized spacial score (nSPS) is 11.6. The second-order valence-electron chi connectivity index (χ2n) is 3.61. The number of nitrogens with two attached hydrogens (primary N) is 1. The molecule has 2 aromatic rings. The Morgan fingerprint density at radius 1 is 1.33 bits per heavy atom. The fourth-order valence-corrected chi connectivity index (χ4v) is 1.99. The van der Waals surface area contributed by atoms with E-state index in [0.717, 1.165) is 17.4 Å². The topological polar surface area (TPSA) is 48.1 Å². The minimum Gasteiger partial charge on any atom is -0.430 e. The van der Waals surface area contributed by atoms with Crippen LogP contribution in [0.1, 0.15) is 11.3 Å². The van der Waals surface area contributed by atoms with Crippen LogP contribution in [0.15, 0.2) is 23.6 Å². The van der Waals surface area contributed by atoms with Crippen LogP contribution in [0.4, 0.5) is 18.9 Å². The molecule has 0 unspecified atom stereocenters.